The van der Waals surface area contributed by atoms with Crippen LogP contribution in [0.3, 0.4) is 0 Å². The largest absolute Gasteiger partial charge is 0.460 e. The van der Waals surface area contributed by atoms with Gasteiger partial charge in [0.15, 0.2) is 0 Å². The van der Waals surface area contributed by atoms with E-state index in [-0.39, 0.29) is 21.8 Å². The van der Waals surface area contributed by atoms with Gasteiger partial charge < -0.3 is 5.32 Å². The number of benzene rings is 2. The summed E-state index contributed by atoms with van der Waals surface area (Å²) in [6, 6.07) is 4.48. The molecule has 2 aromatic rings. The fourth-order valence-electron chi connectivity index (χ4n) is 2.72. The minimum atomic E-state index is -8.06. The van der Waals surface area contributed by atoms with Crippen molar-refractivity contribution in [1.82, 2.24) is 0 Å². The fourth-order valence-corrected chi connectivity index (χ4v) is 3.24. The van der Waals surface area contributed by atoms with Gasteiger partial charge >= 0.3 is 35.8 Å². The highest BCUT2D eigenvalue weighted by molar-refractivity contribution is 6.35. The van der Waals surface area contributed by atoms with E-state index in [4.69, 9.17) is 23.2 Å². The summed E-state index contributed by atoms with van der Waals surface area (Å²) in [6.07, 6.45) is -7.53. The van der Waals surface area contributed by atoms with Gasteiger partial charge in [-0.3, -0.25) is 4.79 Å². The minimum absolute atomic E-state index is 0.121. The third-order valence-corrected chi connectivity index (χ3v) is 5.00. The van der Waals surface area contributed by atoms with Crippen molar-refractivity contribution in [2.75, 3.05) is 5.32 Å². The van der Waals surface area contributed by atoms with Gasteiger partial charge in [0.25, 0.3) is 5.91 Å². The normalized spacial score (nSPS) is 14.1. The maximum absolute atomic E-state index is 14.6. The van der Waals surface area contributed by atoms with E-state index in [0.717, 1.165) is 24.3 Å². The first-order chi connectivity index (χ1) is 16.0. The smallest absolute Gasteiger partial charge is 0.322 e. The SMILES string of the molecule is O=C(Nc1cc(Cl)cc(Cl)c1)c1ccccc1C(F)(F)C(F)(F)C(F)(F)C(F)(F)C(F)(F)C(F)(F)F. The molecule has 0 spiro atoms. The first kappa shape index (κ1) is 29.8. The molecule has 0 radical (unpaired) electrons. The first-order valence-electron chi connectivity index (χ1n) is 8.85. The van der Waals surface area contributed by atoms with E-state index < -0.39 is 52.8 Å². The zero-order valence-electron chi connectivity index (χ0n) is 16.6. The van der Waals surface area contributed by atoms with Crippen LogP contribution in [0.2, 0.25) is 10.0 Å². The Morgan fingerprint density at radius 2 is 1.08 bits per heavy atom. The highest BCUT2D eigenvalue weighted by Crippen LogP contribution is 2.62. The second-order valence-corrected chi connectivity index (χ2v) is 7.90. The van der Waals surface area contributed by atoms with Gasteiger partial charge in [-0.2, -0.15) is 57.1 Å². The molecule has 0 saturated heterocycles. The molecule has 0 saturated carbocycles. The van der Waals surface area contributed by atoms with Crippen LogP contribution in [0.1, 0.15) is 15.9 Å². The van der Waals surface area contributed by atoms with E-state index in [9.17, 15) is 61.9 Å². The Balaban J connectivity index is 2.61. The van der Waals surface area contributed by atoms with Gasteiger partial charge in [0.1, 0.15) is 0 Å². The van der Waals surface area contributed by atoms with E-state index >= 15 is 0 Å². The van der Waals surface area contributed by atoms with Crippen molar-refractivity contribution in [2.45, 2.75) is 35.8 Å². The Morgan fingerprint density at radius 3 is 1.56 bits per heavy atom. The number of amides is 1. The van der Waals surface area contributed by atoms with Crippen LogP contribution in [0.25, 0.3) is 0 Å². The lowest BCUT2D eigenvalue weighted by Crippen LogP contribution is -2.69. The van der Waals surface area contributed by atoms with Crippen molar-refractivity contribution in [3.63, 3.8) is 0 Å². The van der Waals surface area contributed by atoms with Crippen LogP contribution in [-0.4, -0.2) is 35.8 Å². The summed E-state index contributed by atoms with van der Waals surface area (Å²) in [5.74, 6) is -39.8. The van der Waals surface area contributed by atoms with E-state index in [1.165, 1.54) is 0 Å². The van der Waals surface area contributed by atoms with E-state index in [0.29, 0.717) is 12.1 Å². The maximum Gasteiger partial charge on any atom is 0.460 e. The zero-order valence-corrected chi connectivity index (χ0v) is 18.1. The van der Waals surface area contributed by atoms with Gasteiger partial charge in [-0.15, -0.1) is 0 Å². The molecule has 17 heteroatoms. The molecule has 0 unspecified atom stereocenters. The van der Waals surface area contributed by atoms with Gasteiger partial charge in [-0.1, -0.05) is 41.4 Å². The van der Waals surface area contributed by atoms with Crippen LogP contribution in [-0.2, 0) is 5.92 Å². The Bertz CT molecular complexity index is 1130. The molecule has 2 aromatic carbocycles. The van der Waals surface area contributed by atoms with Crippen molar-refractivity contribution in [1.29, 1.82) is 0 Å². The van der Waals surface area contributed by atoms with Gasteiger partial charge in [0.2, 0.25) is 0 Å². The number of nitrogens with one attached hydrogen (secondary N) is 1. The molecule has 1 amide bonds. The molecule has 0 fully saturated rings. The Labute approximate surface area is 202 Å². The maximum atomic E-state index is 14.6. The van der Waals surface area contributed by atoms with Gasteiger partial charge in [-0.25, -0.2) is 0 Å². The summed E-state index contributed by atoms with van der Waals surface area (Å²) >= 11 is 11.3. The third kappa shape index (κ3) is 4.66. The monoisotopic (exact) mass is 583 g/mol. The Morgan fingerprint density at radius 1 is 0.639 bits per heavy atom. The molecule has 200 valence electrons. The quantitative estimate of drug-likeness (QED) is 0.326. The Hall–Kier alpha value is -2.42. The molecule has 0 heterocycles. The van der Waals surface area contributed by atoms with E-state index in [1.807, 2.05) is 5.32 Å². The highest BCUT2D eigenvalue weighted by Gasteiger charge is 2.91. The van der Waals surface area contributed by atoms with Crippen molar-refractivity contribution < 1.29 is 61.9 Å². The summed E-state index contributed by atoms with van der Waals surface area (Å²) in [7, 11) is 0. The van der Waals surface area contributed by atoms with E-state index in [1.54, 1.807) is 0 Å². The van der Waals surface area contributed by atoms with Crippen LogP contribution in [0, 0.1) is 0 Å². The molecule has 2 rings (SSSR count). The summed E-state index contributed by atoms with van der Waals surface area (Å²) in [5.41, 5.74) is -4.30. The molecule has 36 heavy (non-hydrogen) atoms. The number of hydrogen-bond donors (Lipinski definition) is 1. The van der Waals surface area contributed by atoms with E-state index in [2.05, 4.69) is 0 Å². The lowest BCUT2D eigenvalue weighted by Gasteiger charge is -2.40. The molecule has 0 bridgehead atoms. The van der Waals surface area contributed by atoms with Crippen molar-refractivity contribution in [3.05, 3.63) is 63.6 Å². The molecular formula is C19H8Cl2F13NO. The standard InChI is InChI=1S/C19H8Cl2F13NO/c20-8-5-9(21)7-10(6-8)35-13(36)11-3-1-2-4-12(11)14(22,23)15(24,25)16(26,27)17(28,29)18(30,31)19(32,33)34/h1-7H,(H,35,36). The number of alkyl halides is 13. The van der Waals surface area contributed by atoms with Crippen LogP contribution in [0.4, 0.5) is 62.8 Å². The average Bonchev–Trinajstić information content (AvgIpc) is 2.71. The predicted octanol–water partition coefficient (Wildman–Crippen LogP) is 8.44. The molecule has 0 atom stereocenters. The minimum Gasteiger partial charge on any atom is -0.322 e. The lowest BCUT2D eigenvalue weighted by atomic mass is 9.88. The summed E-state index contributed by atoms with van der Waals surface area (Å²) < 4.78 is 175. The number of rotatable bonds is 7. The first-order valence-corrected chi connectivity index (χ1v) is 9.60. The van der Waals surface area contributed by atoms with Crippen molar-refractivity contribution in [2.24, 2.45) is 0 Å². The van der Waals surface area contributed by atoms with Crippen LogP contribution < -0.4 is 5.32 Å². The summed E-state index contributed by atoms with van der Waals surface area (Å²) in [4.78, 5) is 12.4. The zero-order chi connectivity index (χ0) is 28.1. The Kier molecular flexibility index (Phi) is 7.58. The van der Waals surface area contributed by atoms with Crippen molar-refractivity contribution >= 4 is 34.8 Å². The second-order valence-electron chi connectivity index (χ2n) is 7.03. The van der Waals surface area contributed by atoms with Crippen molar-refractivity contribution in [3.8, 4) is 0 Å². The van der Waals surface area contributed by atoms with Gasteiger partial charge in [-0.05, 0) is 24.3 Å². The topological polar surface area (TPSA) is 29.1 Å². The summed E-state index contributed by atoms with van der Waals surface area (Å²) in [6.45, 7) is 0. The van der Waals surface area contributed by atoms with Gasteiger partial charge in [0.05, 0.1) is 0 Å². The molecule has 2 nitrogen and oxygen atoms in total. The van der Waals surface area contributed by atoms with Crippen LogP contribution in [0.5, 0.6) is 0 Å². The van der Waals surface area contributed by atoms with Crippen LogP contribution >= 0.6 is 23.2 Å². The number of carbonyl (C=O) groups is 1. The molecule has 1 N–H and O–H groups in total. The summed E-state index contributed by atoms with van der Waals surface area (Å²) in [5, 5.41) is 1.57. The number of anilines is 1. The number of hydrogen-bond acceptors (Lipinski definition) is 1. The van der Waals surface area contributed by atoms with Crippen LogP contribution in [0.15, 0.2) is 42.5 Å². The average molecular weight is 584 g/mol. The highest BCUT2D eigenvalue weighted by atomic mass is 35.5. The number of carbonyl (C=O) groups excluding carboxylic acids is 1. The lowest BCUT2D eigenvalue weighted by molar-refractivity contribution is -0.441. The molecule has 0 aliphatic carbocycles. The second kappa shape index (κ2) is 9.15. The molecule has 0 aliphatic heterocycles. The number of halogens is 15. The van der Waals surface area contributed by atoms with Gasteiger partial charge in [0, 0.05) is 26.9 Å². The molecule has 0 aliphatic rings. The third-order valence-electron chi connectivity index (χ3n) is 4.56. The predicted molar refractivity (Wildman–Crippen MR) is 101 cm³/mol. The molecule has 0 aromatic heterocycles. The fraction of sp³-hybridized carbons (Fsp3) is 0.316. The molecular weight excluding hydrogens is 576 g/mol.